The third kappa shape index (κ3) is 6.97. The van der Waals surface area contributed by atoms with Gasteiger partial charge in [0.15, 0.2) is 0 Å². The second-order valence-corrected chi connectivity index (χ2v) is 9.23. The van der Waals surface area contributed by atoms with Crippen molar-refractivity contribution in [1.29, 1.82) is 0 Å². The first kappa shape index (κ1) is 25.1. The Kier molecular flexibility index (Phi) is 8.14. The Balaban J connectivity index is 1.67. The van der Waals surface area contributed by atoms with Crippen LogP contribution in [-0.2, 0) is 4.74 Å². The predicted molar refractivity (Wildman–Crippen MR) is 134 cm³/mol. The van der Waals surface area contributed by atoms with Crippen LogP contribution in [-0.4, -0.2) is 65.2 Å². The molecule has 2 aromatic rings. The van der Waals surface area contributed by atoms with Crippen molar-refractivity contribution in [3.05, 3.63) is 36.0 Å². The van der Waals surface area contributed by atoms with E-state index in [2.05, 4.69) is 25.5 Å². The number of rotatable bonds is 6. The van der Waals surface area contributed by atoms with E-state index in [1.54, 1.807) is 4.90 Å². The summed E-state index contributed by atoms with van der Waals surface area (Å²) in [6.07, 6.45) is 2.85. The smallest absolute Gasteiger partial charge is 0.410 e. The highest BCUT2D eigenvalue weighted by molar-refractivity contribution is 6.07. The molecule has 0 bridgehead atoms. The topological polar surface area (TPSA) is 126 Å². The second-order valence-electron chi connectivity index (χ2n) is 9.23. The zero-order valence-corrected chi connectivity index (χ0v) is 20.4. The van der Waals surface area contributed by atoms with Gasteiger partial charge >= 0.3 is 6.09 Å². The summed E-state index contributed by atoms with van der Waals surface area (Å²) in [4.78, 5) is 37.5. The van der Waals surface area contributed by atoms with Crippen molar-refractivity contribution in [3.8, 4) is 0 Å². The van der Waals surface area contributed by atoms with Crippen LogP contribution in [0.2, 0.25) is 0 Å². The van der Waals surface area contributed by atoms with Crippen LogP contribution in [0.15, 0.2) is 30.5 Å². The zero-order chi connectivity index (χ0) is 24.7. The maximum atomic E-state index is 12.9. The lowest BCUT2D eigenvalue weighted by Gasteiger charge is -2.27. The van der Waals surface area contributed by atoms with Crippen LogP contribution in [0.25, 0.3) is 0 Å². The molecule has 0 radical (unpaired) electrons. The van der Waals surface area contributed by atoms with Gasteiger partial charge in [0.1, 0.15) is 17.0 Å². The quantitative estimate of drug-likeness (QED) is 0.586. The molecule has 4 N–H and O–H groups in total. The highest BCUT2D eigenvalue weighted by Crippen LogP contribution is 2.23. The minimum atomic E-state index is -0.517. The van der Waals surface area contributed by atoms with Crippen LogP contribution in [0.1, 0.15) is 50.9 Å². The van der Waals surface area contributed by atoms with E-state index in [4.69, 9.17) is 10.5 Å². The minimum absolute atomic E-state index is 0.110. The van der Waals surface area contributed by atoms with Gasteiger partial charge in [-0.15, -0.1) is 0 Å². The fraction of sp³-hybridized carbons (Fsp3) is 0.500. The summed E-state index contributed by atoms with van der Waals surface area (Å²) in [7, 11) is 0. The van der Waals surface area contributed by atoms with Crippen molar-refractivity contribution in [2.75, 3.05) is 54.0 Å². The van der Waals surface area contributed by atoms with Gasteiger partial charge in [0.2, 0.25) is 5.95 Å². The van der Waals surface area contributed by atoms with Gasteiger partial charge in [0, 0.05) is 50.3 Å². The highest BCUT2D eigenvalue weighted by Gasteiger charge is 2.24. The predicted octanol–water partition coefficient (Wildman–Crippen LogP) is 3.58. The number of amides is 2. The van der Waals surface area contributed by atoms with E-state index < -0.39 is 5.60 Å². The maximum Gasteiger partial charge on any atom is 0.410 e. The molecule has 0 unspecified atom stereocenters. The van der Waals surface area contributed by atoms with Crippen LogP contribution in [0, 0.1) is 0 Å². The van der Waals surface area contributed by atoms with E-state index in [-0.39, 0.29) is 17.9 Å². The molecule has 10 heteroatoms. The van der Waals surface area contributed by atoms with E-state index in [1.807, 2.05) is 52.0 Å². The molecule has 1 saturated heterocycles. The van der Waals surface area contributed by atoms with Gasteiger partial charge in [-0.25, -0.2) is 9.78 Å². The summed E-state index contributed by atoms with van der Waals surface area (Å²) in [5.74, 6) is 0.208. The lowest BCUT2D eigenvalue weighted by atomic mass is 10.2. The number of nitrogens with two attached hydrogens (primary N) is 1. The molecule has 2 amide bonds. The summed E-state index contributed by atoms with van der Waals surface area (Å²) in [6.45, 7) is 11.0. The third-order valence-electron chi connectivity index (χ3n) is 5.21. The van der Waals surface area contributed by atoms with Gasteiger partial charge in [0.05, 0.1) is 0 Å². The third-order valence-corrected chi connectivity index (χ3v) is 5.21. The van der Waals surface area contributed by atoms with E-state index >= 15 is 0 Å². The van der Waals surface area contributed by atoms with Crippen LogP contribution in [0.3, 0.4) is 0 Å². The number of hydrogen-bond acceptors (Lipinski definition) is 8. The zero-order valence-electron chi connectivity index (χ0n) is 20.4. The molecule has 184 valence electrons. The number of aromatic nitrogens is 2. The number of benzene rings is 1. The first-order chi connectivity index (χ1) is 16.2. The van der Waals surface area contributed by atoms with E-state index in [0.29, 0.717) is 43.2 Å². The first-order valence-electron chi connectivity index (χ1n) is 11.7. The number of carbonyl (C=O) groups excluding carboxylic acids is 2. The van der Waals surface area contributed by atoms with Crippen LogP contribution < -0.4 is 21.3 Å². The lowest BCUT2D eigenvalue weighted by molar-refractivity contribution is 0.0263. The molecule has 1 aliphatic heterocycles. The van der Waals surface area contributed by atoms with Crippen LogP contribution >= 0.6 is 0 Å². The average molecular weight is 470 g/mol. The van der Waals surface area contributed by atoms with Crippen molar-refractivity contribution >= 4 is 35.1 Å². The SMILES string of the molecule is CCCNc1nc(N)ncc1C(=O)Nc1cccc(N2CCCN(C(=O)OC(C)(C)C)CC2)c1. The average Bonchev–Trinajstić information content (AvgIpc) is 3.03. The Morgan fingerprint density at radius 3 is 2.71 bits per heavy atom. The minimum Gasteiger partial charge on any atom is -0.444 e. The number of anilines is 4. The van der Waals surface area contributed by atoms with E-state index in [9.17, 15) is 9.59 Å². The van der Waals surface area contributed by atoms with Gasteiger partial charge in [-0.05, 0) is 51.8 Å². The molecular formula is C24H35N7O3. The molecule has 0 atom stereocenters. The molecule has 0 aliphatic carbocycles. The fourth-order valence-corrected chi connectivity index (χ4v) is 3.60. The Morgan fingerprint density at radius 1 is 1.18 bits per heavy atom. The van der Waals surface area contributed by atoms with Crippen molar-refractivity contribution in [1.82, 2.24) is 14.9 Å². The molecule has 3 rings (SSSR count). The van der Waals surface area contributed by atoms with Crippen molar-refractivity contribution < 1.29 is 14.3 Å². The van der Waals surface area contributed by atoms with Crippen molar-refractivity contribution in [2.45, 2.75) is 46.1 Å². The molecule has 1 fully saturated rings. The first-order valence-corrected chi connectivity index (χ1v) is 11.7. The normalized spacial score (nSPS) is 14.4. The Labute approximate surface area is 200 Å². The highest BCUT2D eigenvalue weighted by atomic mass is 16.6. The van der Waals surface area contributed by atoms with Gasteiger partial charge in [-0.2, -0.15) is 4.98 Å². The molecular weight excluding hydrogens is 434 g/mol. The lowest BCUT2D eigenvalue weighted by Crippen LogP contribution is -2.39. The van der Waals surface area contributed by atoms with Crippen molar-refractivity contribution in [3.63, 3.8) is 0 Å². The van der Waals surface area contributed by atoms with Gasteiger partial charge < -0.3 is 30.9 Å². The fourth-order valence-electron chi connectivity index (χ4n) is 3.60. The Hall–Kier alpha value is -3.56. The van der Waals surface area contributed by atoms with Crippen molar-refractivity contribution in [2.24, 2.45) is 0 Å². The molecule has 0 spiro atoms. The maximum absolute atomic E-state index is 12.9. The number of nitrogens with one attached hydrogen (secondary N) is 2. The molecule has 2 heterocycles. The number of carbonyl (C=O) groups is 2. The molecule has 1 aliphatic rings. The summed E-state index contributed by atoms with van der Waals surface area (Å²) in [5.41, 5.74) is 7.14. The Bertz CT molecular complexity index is 1010. The molecule has 1 aromatic heterocycles. The van der Waals surface area contributed by atoms with Crippen LogP contribution in [0.4, 0.5) is 27.9 Å². The second kappa shape index (κ2) is 11.0. The summed E-state index contributed by atoms with van der Waals surface area (Å²) < 4.78 is 5.52. The summed E-state index contributed by atoms with van der Waals surface area (Å²) in [6, 6.07) is 7.67. The number of hydrogen-bond donors (Lipinski definition) is 3. The Morgan fingerprint density at radius 2 is 1.97 bits per heavy atom. The van der Waals surface area contributed by atoms with Crippen LogP contribution in [0.5, 0.6) is 0 Å². The largest absolute Gasteiger partial charge is 0.444 e. The van der Waals surface area contributed by atoms with Gasteiger partial charge in [-0.3, -0.25) is 4.79 Å². The standard InChI is InChI=1S/C24H35N7O3/c1-5-10-26-20-19(16-27-22(25)29-20)21(32)28-17-8-6-9-18(15-17)30-11-7-12-31(14-13-30)23(33)34-24(2,3)4/h6,8-9,15-16H,5,7,10-14H2,1-4H3,(H,28,32)(H3,25,26,27,29). The van der Waals surface area contributed by atoms with E-state index in [1.165, 1.54) is 6.20 Å². The number of nitrogen functional groups attached to an aromatic ring is 1. The van der Waals surface area contributed by atoms with Gasteiger partial charge in [-0.1, -0.05) is 13.0 Å². The number of ether oxygens (including phenoxy) is 1. The molecule has 0 saturated carbocycles. The monoisotopic (exact) mass is 469 g/mol. The molecule has 10 nitrogen and oxygen atoms in total. The summed E-state index contributed by atoms with van der Waals surface area (Å²) >= 11 is 0. The van der Waals surface area contributed by atoms with E-state index in [0.717, 1.165) is 25.1 Å². The summed E-state index contributed by atoms with van der Waals surface area (Å²) in [5, 5.41) is 6.06. The number of nitrogens with zero attached hydrogens (tertiary/aromatic N) is 4. The molecule has 34 heavy (non-hydrogen) atoms. The molecule has 1 aromatic carbocycles. The van der Waals surface area contributed by atoms with Gasteiger partial charge in [0.25, 0.3) is 5.91 Å².